The van der Waals surface area contributed by atoms with Crippen molar-refractivity contribution < 1.29 is 13.2 Å². The number of para-hydroxylation sites is 2. The molecule has 0 saturated carbocycles. The Hall–Kier alpha value is -2.54. The van der Waals surface area contributed by atoms with Gasteiger partial charge in [-0.05, 0) is 44.5 Å². The number of nitrogens with zero attached hydrogens (tertiary/aromatic N) is 1. The molecule has 0 aliphatic carbocycles. The van der Waals surface area contributed by atoms with Gasteiger partial charge in [0, 0.05) is 25.3 Å². The third kappa shape index (κ3) is 6.29. The maximum atomic E-state index is 12.5. The van der Waals surface area contributed by atoms with Crippen molar-refractivity contribution in [3.63, 3.8) is 0 Å². The quantitative estimate of drug-likeness (QED) is 0.612. The van der Waals surface area contributed by atoms with Crippen LogP contribution >= 0.6 is 0 Å². The van der Waals surface area contributed by atoms with Crippen LogP contribution in [0.1, 0.15) is 30.6 Å². The number of carbonyl (C=O) groups excluding carboxylic acids is 1. The Morgan fingerprint density at radius 3 is 2.33 bits per heavy atom. The van der Waals surface area contributed by atoms with Gasteiger partial charge in [0.15, 0.2) is 0 Å². The van der Waals surface area contributed by atoms with E-state index in [4.69, 9.17) is 0 Å². The first-order valence-corrected chi connectivity index (χ1v) is 10.8. The summed E-state index contributed by atoms with van der Waals surface area (Å²) in [5.74, 6) is -0.331. The van der Waals surface area contributed by atoms with Crippen molar-refractivity contribution in [3.8, 4) is 0 Å². The summed E-state index contributed by atoms with van der Waals surface area (Å²) in [7, 11) is -3.44. The number of hydrogen-bond donors (Lipinski definition) is 2. The molecular weight excluding hydrogens is 362 g/mol. The summed E-state index contributed by atoms with van der Waals surface area (Å²) in [6.07, 6.45) is 0.789. The molecule has 2 rings (SSSR count). The Labute approximate surface area is 161 Å². The minimum atomic E-state index is -3.44. The van der Waals surface area contributed by atoms with Crippen molar-refractivity contribution in [1.29, 1.82) is 0 Å². The Balaban J connectivity index is 1.91. The zero-order chi connectivity index (χ0) is 19.7. The van der Waals surface area contributed by atoms with Crippen LogP contribution < -0.4 is 14.9 Å². The second-order valence-electron chi connectivity index (χ2n) is 6.08. The Morgan fingerprint density at radius 1 is 1.00 bits per heavy atom. The summed E-state index contributed by atoms with van der Waals surface area (Å²) in [6, 6.07) is 16.8. The predicted octanol–water partition coefficient (Wildman–Crippen LogP) is 3.09. The Bertz CT molecular complexity index is 839. The van der Waals surface area contributed by atoms with E-state index in [1.54, 1.807) is 31.2 Å². The summed E-state index contributed by atoms with van der Waals surface area (Å²) >= 11 is 0. The molecule has 0 aliphatic rings. The monoisotopic (exact) mass is 389 g/mol. The van der Waals surface area contributed by atoms with Gasteiger partial charge in [-0.15, -0.1) is 0 Å². The van der Waals surface area contributed by atoms with Crippen LogP contribution in [0, 0.1) is 0 Å². The van der Waals surface area contributed by atoms with Crippen LogP contribution in [-0.4, -0.2) is 39.7 Å². The molecule has 2 aromatic rings. The average Bonchev–Trinajstić information content (AvgIpc) is 2.68. The first-order valence-electron chi connectivity index (χ1n) is 9.14. The lowest BCUT2D eigenvalue weighted by Crippen LogP contribution is -2.30. The number of benzene rings is 2. The lowest BCUT2D eigenvalue weighted by Gasteiger charge is -2.23. The minimum Gasteiger partial charge on any atom is -0.372 e. The number of anilines is 2. The van der Waals surface area contributed by atoms with Gasteiger partial charge < -0.3 is 10.2 Å². The predicted molar refractivity (Wildman–Crippen MR) is 111 cm³/mol. The first kappa shape index (κ1) is 20.8. The molecule has 2 N–H and O–H groups in total. The molecular formula is C20H27N3O3S. The number of carbonyl (C=O) groups is 1. The van der Waals surface area contributed by atoms with Crippen molar-refractivity contribution in [2.75, 3.05) is 35.0 Å². The van der Waals surface area contributed by atoms with E-state index >= 15 is 0 Å². The van der Waals surface area contributed by atoms with Gasteiger partial charge in [0.1, 0.15) is 0 Å². The van der Waals surface area contributed by atoms with Gasteiger partial charge in [0.25, 0.3) is 5.91 Å². The zero-order valence-corrected chi connectivity index (χ0v) is 16.6. The standard InChI is InChI=1S/C20H27N3O3S/c1-3-23(17-11-6-5-7-12-17)16-10-15-21-20(24)18-13-8-9-14-19(18)22-27(25,26)4-2/h5-9,11-14,22H,3-4,10,15-16H2,1-2H3,(H,21,24). The highest BCUT2D eigenvalue weighted by Gasteiger charge is 2.15. The number of sulfonamides is 1. The molecule has 0 radical (unpaired) electrons. The molecule has 0 unspecified atom stereocenters. The third-order valence-corrected chi connectivity index (χ3v) is 5.50. The topological polar surface area (TPSA) is 78.5 Å². The molecule has 0 spiro atoms. The number of hydrogen-bond acceptors (Lipinski definition) is 4. The highest BCUT2D eigenvalue weighted by Crippen LogP contribution is 2.17. The molecule has 0 aliphatic heterocycles. The molecule has 0 aromatic heterocycles. The normalized spacial score (nSPS) is 11.0. The smallest absolute Gasteiger partial charge is 0.253 e. The summed E-state index contributed by atoms with van der Waals surface area (Å²) in [6.45, 7) is 5.88. The van der Waals surface area contributed by atoms with Crippen LogP contribution in [0.15, 0.2) is 54.6 Å². The summed E-state index contributed by atoms with van der Waals surface area (Å²) < 4.78 is 26.1. The zero-order valence-electron chi connectivity index (χ0n) is 15.8. The van der Waals surface area contributed by atoms with E-state index in [0.29, 0.717) is 17.8 Å². The maximum Gasteiger partial charge on any atom is 0.253 e. The number of nitrogens with one attached hydrogen (secondary N) is 2. The summed E-state index contributed by atoms with van der Waals surface area (Å²) in [5, 5.41) is 2.87. The van der Waals surface area contributed by atoms with Crippen LogP contribution in [0.4, 0.5) is 11.4 Å². The molecule has 6 nitrogen and oxygen atoms in total. The first-order chi connectivity index (χ1) is 13.0. The van der Waals surface area contributed by atoms with E-state index in [9.17, 15) is 13.2 Å². The van der Waals surface area contributed by atoms with E-state index in [0.717, 1.165) is 25.2 Å². The fourth-order valence-electron chi connectivity index (χ4n) is 2.69. The van der Waals surface area contributed by atoms with E-state index < -0.39 is 10.0 Å². The molecule has 146 valence electrons. The number of rotatable bonds is 10. The van der Waals surface area contributed by atoms with Crippen molar-refractivity contribution >= 4 is 27.3 Å². The van der Waals surface area contributed by atoms with E-state index in [1.165, 1.54) is 0 Å². The molecule has 0 atom stereocenters. The molecule has 0 bridgehead atoms. The fraction of sp³-hybridized carbons (Fsp3) is 0.350. The molecule has 0 fully saturated rings. The van der Waals surface area contributed by atoms with Crippen molar-refractivity contribution in [3.05, 3.63) is 60.2 Å². The van der Waals surface area contributed by atoms with Crippen LogP contribution in [0.5, 0.6) is 0 Å². The molecule has 27 heavy (non-hydrogen) atoms. The van der Waals surface area contributed by atoms with Crippen molar-refractivity contribution in [1.82, 2.24) is 5.32 Å². The lowest BCUT2D eigenvalue weighted by molar-refractivity contribution is 0.0954. The van der Waals surface area contributed by atoms with Gasteiger partial charge in [-0.2, -0.15) is 0 Å². The van der Waals surface area contributed by atoms with Gasteiger partial charge in [-0.3, -0.25) is 9.52 Å². The average molecular weight is 390 g/mol. The van der Waals surface area contributed by atoms with Gasteiger partial charge in [0.05, 0.1) is 17.0 Å². The van der Waals surface area contributed by atoms with Gasteiger partial charge >= 0.3 is 0 Å². The maximum absolute atomic E-state index is 12.5. The van der Waals surface area contributed by atoms with Gasteiger partial charge in [0.2, 0.25) is 10.0 Å². The van der Waals surface area contributed by atoms with Crippen LogP contribution in [-0.2, 0) is 10.0 Å². The lowest BCUT2D eigenvalue weighted by atomic mass is 10.1. The summed E-state index contributed by atoms with van der Waals surface area (Å²) in [4.78, 5) is 14.7. The molecule has 0 saturated heterocycles. The number of amides is 1. The van der Waals surface area contributed by atoms with Crippen LogP contribution in [0.2, 0.25) is 0 Å². The fourth-order valence-corrected chi connectivity index (χ4v) is 3.34. The highest BCUT2D eigenvalue weighted by atomic mass is 32.2. The third-order valence-electron chi connectivity index (χ3n) is 4.21. The van der Waals surface area contributed by atoms with Crippen molar-refractivity contribution in [2.45, 2.75) is 20.3 Å². The second kappa shape index (κ2) is 9.97. The van der Waals surface area contributed by atoms with Gasteiger partial charge in [-0.1, -0.05) is 30.3 Å². The molecule has 2 aromatic carbocycles. The molecule has 0 heterocycles. The SMILES string of the molecule is CCN(CCCNC(=O)c1ccccc1NS(=O)(=O)CC)c1ccccc1. The Morgan fingerprint density at radius 2 is 1.67 bits per heavy atom. The molecule has 1 amide bonds. The second-order valence-corrected chi connectivity index (χ2v) is 8.09. The van der Waals surface area contributed by atoms with Crippen LogP contribution in [0.25, 0.3) is 0 Å². The highest BCUT2D eigenvalue weighted by molar-refractivity contribution is 7.92. The van der Waals surface area contributed by atoms with Gasteiger partial charge in [-0.25, -0.2) is 8.42 Å². The largest absolute Gasteiger partial charge is 0.372 e. The van der Waals surface area contributed by atoms with Crippen molar-refractivity contribution in [2.24, 2.45) is 0 Å². The Kier molecular flexibility index (Phi) is 7.67. The summed E-state index contributed by atoms with van der Waals surface area (Å²) in [5.41, 5.74) is 1.78. The van der Waals surface area contributed by atoms with E-state index in [2.05, 4.69) is 34.0 Å². The minimum absolute atomic E-state index is 0.0463. The van der Waals surface area contributed by atoms with Crippen LogP contribution in [0.3, 0.4) is 0 Å². The van der Waals surface area contributed by atoms with E-state index in [1.807, 2.05) is 18.2 Å². The van der Waals surface area contributed by atoms with E-state index in [-0.39, 0.29) is 11.7 Å². The molecule has 7 heteroatoms.